The van der Waals surface area contributed by atoms with E-state index in [2.05, 4.69) is 33.7 Å². The topological polar surface area (TPSA) is 94.0 Å². The van der Waals surface area contributed by atoms with Gasteiger partial charge in [-0.25, -0.2) is 15.0 Å². The lowest BCUT2D eigenvalue weighted by Gasteiger charge is -2.42. The molecule has 27 heavy (non-hydrogen) atoms. The van der Waals surface area contributed by atoms with Crippen molar-refractivity contribution in [2.75, 3.05) is 29.5 Å². The van der Waals surface area contributed by atoms with Crippen molar-refractivity contribution in [2.24, 2.45) is 5.41 Å². The van der Waals surface area contributed by atoms with Gasteiger partial charge in [0.15, 0.2) is 5.82 Å². The van der Waals surface area contributed by atoms with E-state index >= 15 is 0 Å². The quantitative estimate of drug-likeness (QED) is 0.721. The molecule has 8 heteroatoms. The van der Waals surface area contributed by atoms with Crippen molar-refractivity contribution >= 4 is 40.8 Å². The summed E-state index contributed by atoms with van der Waals surface area (Å²) in [5, 5.41) is 1.03. The van der Waals surface area contributed by atoms with Crippen LogP contribution in [0.1, 0.15) is 46.0 Å². The Morgan fingerprint density at radius 3 is 2.56 bits per heavy atom. The summed E-state index contributed by atoms with van der Waals surface area (Å²) < 4.78 is 0. The van der Waals surface area contributed by atoms with Crippen molar-refractivity contribution in [3.63, 3.8) is 0 Å². The molecule has 6 nitrogen and oxygen atoms in total. The summed E-state index contributed by atoms with van der Waals surface area (Å²) in [5.41, 5.74) is 12.4. The second-order valence-electron chi connectivity index (χ2n) is 7.12. The molecule has 1 saturated heterocycles. The minimum absolute atomic E-state index is 0.296. The zero-order valence-electron chi connectivity index (χ0n) is 15.9. The van der Waals surface area contributed by atoms with Gasteiger partial charge in [0, 0.05) is 24.2 Å². The van der Waals surface area contributed by atoms with Gasteiger partial charge < -0.3 is 16.4 Å². The maximum Gasteiger partial charge on any atom is 0.158 e. The highest BCUT2D eigenvalue weighted by molar-refractivity contribution is 7.99. The molecule has 0 spiro atoms. The molecule has 0 aromatic carbocycles. The van der Waals surface area contributed by atoms with E-state index in [0.29, 0.717) is 27.1 Å². The van der Waals surface area contributed by atoms with E-state index in [4.69, 9.17) is 23.1 Å². The van der Waals surface area contributed by atoms with Gasteiger partial charge in [-0.2, -0.15) is 0 Å². The summed E-state index contributed by atoms with van der Waals surface area (Å²) in [6, 6.07) is 1.79. The van der Waals surface area contributed by atoms with Gasteiger partial charge >= 0.3 is 0 Å². The fraction of sp³-hybridized carbons (Fsp3) is 0.526. The predicted molar refractivity (Wildman–Crippen MR) is 113 cm³/mol. The second kappa shape index (κ2) is 8.52. The third-order valence-corrected chi connectivity index (χ3v) is 7.09. The molecular weight excluding hydrogens is 380 g/mol. The summed E-state index contributed by atoms with van der Waals surface area (Å²) in [7, 11) is 0. The summed E-state index contributed by atoms with van der Waals surface area (Å²) in [6.45, 7) is 6.59. The smallest absolute Gasteiger partial charge is 0.158 e. The molecule has 1 aliphatic rings. The van der Waals surface area contributed by atoms with Crippen LogP contribution in [0.4, 0.5) is 17.5 Å². The number of hydrogen-bond acceptors (Lipinski definition) is 7. The van der Waals surface area contributed by atoms with Crippen molar-refractivity contribution in [1.82, 2.24) is 15.0 Å². The highest BCUT2D eigenvalue weighted by Crippen LogP contribution is 2.41. The van der Waals surface area contributed by atoms with Crippen LogP contribution in [0.3, 0.4) is 0 Å². The maximum absolute atomic E-state index is 6.21. The Labute approximate surface area is 170 Å². The predicted octanol–water partition coefficient (Wildman–Crippen LogP) is 4.64. The first-order valence-electron chi connectivity index (χ1n) is 9.43. The molecular formula is C19H27ClN6S. The van der Waals surface area contributed by atoms with Crippen LogP contribution in [0.15, 0.2) is 28.4 Å². The first-order chi connectivity index (χ1) is 13.0. The molecule has 1 fully saturated rings. The van der Waals surface area contributed by atoms with E-state index in [1.165, 1.54) is 43.9 Å². The van der Waals surface area contributed by atoms with E-state index in [1.807, 2.05) is 0 Å². The van der Waals surface area contributed by atoms with Crippen LogP contribution < -0.4 is 16.4 Å². The molecule has 0 unspecified atom stereocenters. The number of halogens is 1. The minimum Gasteiger partial charge on any atom is -0.382 e. The lowest BCUT2D eigenvalue weighted by atomic mass is 9.73. The molecule has 1 aliphatic heterocycles. The number of piperidine rings is 1. The lowest BCUT2D eigenvalue weighted by Crippen LogP contribution is -2.40. The monoisotopic (exact) mass is 406 g/mol. The van der Waals surface area contributed by atoms with Gasteiger partial charge in [-0.05, 0) is 30.7 Å². The van der Waals surface area contributed by atoms with Crippen LogP contribution in [0.5, 0.6) is 0 Å². The van der Waals surface area contributed by atoms with Crippen LogP contribution in [0.25, 0.3) is 0 Å². The number of hydrogen-bond donors (Lipinski definition) is 2. The van der Waals surface area contributed by atoms with Gasteiger partial charge in [0.05, 0.1) is 11.2 Å². The molecule has 0 bridgehead atoms. The molecule has 4 N–H and O–H groups in total. The maximum atomic E-state index is 6.21. The number of pyridine rings is 1. The average Bonchev–Trinajstić information content (AvgIpc) is 2.67. The minimum atomic E-state index is 0.296. The SMILES string of the molecule is CCCC1(CC)CCN(c2cnc(Sc3ccnc(N)c3Cl)c(N)n2)CC1. The standard InChI is InChI=1S/C19H27ClN6S/c1-3-6-19(4-2)7-10-26(11-8-19)14-12-24-18(17(22)25-14)27-13-5-9-23-16(21)15(13)20/h5,9,12H,3-4,6-8,10-11H2,1-2H3,(H2,21,23)(H2,22,25). The normalized spacial score (nSPS) is 16.5. The van der Waals surface area contributed by atoms with E-state index in [-0.39, 0.29) is 0 Å². The third-order valence-electron chi connectivity index (χ3n) is 5.52. The third kappa shape index (κ3) is 4.41. The van der Waals surface area contributed by atoms with E-state index in [0.717, 1.165) is 23.8 Å². The van der Waals surface area contributed by atoms with Gasteiger partial charge in [-0.3, -0.25) is 0 Å². The van der Waals surface area contributed by atoms with Gasteiger partial charge in [0.1, 0.15) is 16.7 Å². The van der Waals surface area contributed by atoms with Crippen molar-refractivity contribution in [1.29, 1.82) is 0 Å². The molecule has 0 saturated carbocycles. The first kappa shape index (κ1) is 20.0. The number of nitrogen functional groups attached to an aromatic ring is 2. The fourth-order valence-electron chi connectivity index (χ4n) is 3.76. The Balaban J connectivity index is 1.71. The van der Waals surface area contributed by atoms with Crippen molar-refractivity contribution < 1.29 is 0 Å². The summed E-state index contributed by atoms with van der Waals surface area (Å²) in [5.74, 6) is 1.55. The van der Waals surface area contributed by atoms with Crippen molar-refractivity contribution in [3.8, 4) is 0 Å². The Hall–Kier alpha value is -1.73. The average molecular weight is 407 g/mol. The number of nitrogens with zero attached hydrogens (tertiary/aromatic N) is 4. The highest BCUT2D eigenvalue weighted by Gasteiger charge is 2.32. The van der Waals surface area contributed by atoms with E-state index in [9.17, 15) is 0 Å². The second-order valence-corrected chi connectivity index (χ2v) is 8.53. The lowest BCUT2D eigenvalue weighted by molar-refractivity contribution is 0.188. The molecule has 2 aromatic heterocycles. The van der Waals surface area contributed by atoms with E-state index < -0.39 is 0 Å². The Morgan fingerprint density at radius 2 is 1.93 bits per heavy atom. The summed E-state index contributed by atoms with van der Waals surface area (Å²) >= 11 is 7.56. The van der Waals surface area contributed by atoms with Gasteiger partial charge in [-0.1, -0.05) is 50.1 Å². The van der Waals surface area contributed by atoms with Gasteiger partial charge in [0.25, 0.3) is 0 Å². The molecule has 2 aromatic rings. The van der Waals surface area contributed by atoms with Crippen molar-refractivity contribution in [2.45, 2.75) is 55.9 Å². The van der Waals surface area contributed by atoms with Gasteiger partial charge in [-0.15, -0.1) is 0 Å². The number of nitrogens with two attached hydrogens (primary N) is 2. The molecule has 0 aliphatic carbocycles. The Bertz CT molecular complexity index is 792. The number of anilines is 3. The van der Waals surface area contributed by atoms with Crippen molar-refractivity contribution in [3.05, 3.63) is 23.5 Å². The first-order valence-corrected chi connectivity index (χ1v) is 10.6. The zero-order valence-corrected chi connectivity index (χ0v) is 17.5. The largest absolute Gasteiger partial charge is 0.382 e. The number of rotatable bonds is 6. The highest BCUT2D eigenvalue weighted by atomic mass is 35.5. The zero-order chi connectivity index (χ0) is 19.4. The number of aromatic nitrogens is 3. The van der Waals surface area contributed by atoms with Crippen LogP contribution in [0.2, 0.25) is 5.02 Å². The molecule has 0 amide bonds. The molecule has 146 valence electrons. The molecule has 0 radical (unpaired) electrons. The van der Waals surface area contributed by atoms with E-state index in [1.54, 1.807) is 18.5 Å². The molecule has 3 heterocycles. The fourth-order valence-corrected chi connectivity index (χ4v) is 4.77. The van der Waals surface area contributed by atoms with Gasteiger partial charge in [0.2, 0.25) is 0 Å². The Morgan fingerprint density at radius 1 is 1.19 bits per heavy atom. The van der Waals surface area contributed by atoms with Crippen LogP contribution in [0, 0.1) is 5.41 Å². The summed E-state index contributed by atoms with van der Waals surface area (Å²) in [4.78, 5) is 16.1. The molecule has 0 atom stereocenters. The molecule has 3 rings (SSSR count). The van der Waals surface area contributed by atoms with Crippen LogP contribution >= 0.6 is 23.4 Å². The summed E-state index contributed by atoms with van der Waals surface area (Å²) in [6.07, 6.45) is 9.60. The Kier molecular flexibility index (Phi) is 6.32. The van der Waals surface area contributed by atoms with Crippen LogP contribution in [-0.2, 0) is 0 Å². The van der Waals surface area contributed by atoms with Crippen LogP contribution in [-0.4, -0.2) is 28.0 Å².